The zero-order valence-electron chi connectivity index (χ0n) is 18.5. The van der Waals surface area contributed by atoms with Gasteiger partial charge in [-0.2, -0.15) is 0 Å². The van der Waals surface area contributed by atoms with Crippen molar-refractivity contribution in [3.8, 4) is 11.1 Å². The van der Waals surface area contributed by atoms with Gasteiger partial charge in [-0.25, -0.2) is 18.7 Å². The van der Waals surface area contributed by atoms with Crippen molar-refractivity contribution < 1.29 is 23.1 Å². The van der Waals surface area contributed by atoms with Crippen molar-refractivity contribution in [2.45, 2.75) is 23.9 Å². The average Bonchev–Trinajstić information content (AvgIpc) is 2.87. The van der Waals surface area contributed by atoms with Crippen LogP contribution < -0.4 is 0 Å². The molecule has 1 aliphatic rings. The molecule has 34 heavy (non-hydrogen) atoms. The van der Waals surface area contributed by atoms with Gasteiger partial charge in [-0.15, -0.1) is 0 Å². The van der Waals surface area contributed by atoms with E-state index in [0.29, 0.717) is 23.8 Å². The number of hydrogen-bond donors (Lipinski definition) is 0. The molecule has 0 radical (unpaired) electrons. The summed E-state index contributed by atoms with van der Waals surface area (Å²) in [5.74, 6) is -1.46. The van der Waals surface area contributed by atoms with Gasteiger partial charge < -0.3 is 9.64 Å². The van der Waals surface area contributed by atoms with Crippen LogP contribution in [0, 0.1) is 11.6 Å². The molecule has 1 aliphatic heterocycles. The number of ether oxygens (including phenoxy) is 1. The number of nitrogens with zero attached hydrogens (tertiary/aromatic N) is 3. The highest BCUT2D eigenvalue weighted by atomic mass is 32.2. The van der Waals surface area contributed by atoms with E-state index < -0.39 is 5.82 Å². The molecule has 0 bridgehead atoms. The van der Waals surface area contributed by atoms with Gasteiger partial charge in [-0.1, -0.05) is 30.0 Å². The van der Waals surface area contributed by atoms with Crippen LogP contribution in [0.4, 0.5) is 8.78 Å². The first-order chi connectivity index (χ1) is 16.4. The van der Waals surface area contributed by atoms with Crippen molar-refractivity contribution in [1.29, 1.82) is 0 Å². The Hall–Kier alpha value is -3.33. The van der Waals surface area contributed by atoms with E-state index in [0.717, 1.165) is 41.4 Å². The standard InChI is InChI=1S/C25H23F2N3O3S/c1-33-22(31)15-34-25-28-13-21(16-7-9-19(26)10-8-16)23(29-25)18-5-3-11-30(14-18)24(32)17-4-2-6-20(27)12-17/h2,4,6-10,12-13,18H,3,5,11,14-15H2,1H3. The Morgan fingerprint density at radius 2 is 1.94 bits per heavy atom. The van der Waals surface area contributed by atoms with Crippen LogP contribution in [0.3, 0.4) is 0 Å². The Labute approximate surface area is 200 Å². The summed E-state index contributed by atoms with van der Waals surface area (Å²) in [4.78, 5) is 35.4. The summed E-state index contributed by atoms with van der Waals surface area (Å²) in [5, 5.41) is 0.417. The van der Waals surface area contributed by atoms with Crippen molar-refractivity contribution in [2.75, 3.05) is 26.0 Å². The molecule has 2 aromatic carbocycles. The molecule has 1 fully saturated rings. The fraction of sp³-hybridized carbons (Fsp3) is 0.280. The van der Waals surface area contributed by atoms with E-state index >= 15 is 0 Å². The summed E-state index contributed by atoms with van der Waals surface area (Å²) in [6.45, 7) is 0.967. The molecule has 1 atom stereocenters. The smallest absolute Gasteiger partial charge is 0.316 e. The first-order valence-corrected chi connectivity index (χ1v) is 11.8. The van der Waals surface area contributed by atoms with Crippen LogP contribution in [0.1, 0.15) is 34.8 Å². The number of halogens is 2. The molecular weight excluding hydrogens is 460 g/mol. The Balaban J connectivity index is 1.64. The minimum absolute atomic E-state index is 0.0701. The summed E-state index contributed by atoms with van der Waals surface area (Å²) in [5.41, 5.74) is 2.53. The van der Waals surface area contributed by atoms with Gasteiger partial charge in [-0.05, 0) is 48.7 Å². The number of carbonyl (C=O) groups is 2. The minimum atomic E-state index is -0.457. The van der Waals surface area contributed by atoms with Crippen LogP contribution in [0.25, 0.3) is 11.1 Å². The molecule has 0 N–H and O–H groups in total. The zero-order chi connectivity index (χ0) is 24.1. The maximum Gasteiger partial charge on any atom is 0.316 e. The number of thioether (sulfide) groups is 1. The van der Waals surface area contributed by atoms with Crippen molar-refractivity contribution >= 4 is 23.6 Å². The number of likely N-dealkylation sites (tertiary alicyclic amines) is 1. The van der Waals surface area contributed by atoms with Crippen LogP contribution in [0.2, 0.25) is 0 Å². The molecule has 2 heterocycles. The second kappa shape index (κ2) is 10.7. The van der Waals surface area contributed by atoms with E-state index in [1.54, 1.807) is 29.3 Å². The second-order valence-corrected chi connectivity index (χ2v) is 8.87. The first-order valence-electron chi connectivity index (χ1n) is 10.8. The van der Waals surface area contributed by atoms with Gasteiger partial charge in [0, 0.05) is 36.3 Å². The fourth-order valence-electron chi connectivity index (χ4n) is 3.98. The number of aromatic nitrogens is 2. The second-order valence-electron chi connectivity index (χ2n) is 7.92. The molecule has 1 saturated heterocycles. The van der Waals surface area contributed by atoms with Crippen LogP contribution in [0.15, 0.2) is 59.9 Å². The summed E-state index contributed by atoms with van der Waals surface area (Å²) in [6.07, 6.45) is 3.21. The lowest BCUT2D eigenvalue weighted by molar-refractivity contribution is -0.137. The molecule has 0 spiro atoms. The van der Waals surface area contributed by atoms with Crippen molar-refractivity contribution in [1.82, 2.24) is 14.9 Å². The van der Waals surface area contributed by atoms with Gasteiger partial charge in [0.05, 0.1) is 18.6 Å². The van der Waals surface area contributed by atoms with E-state index in [4.69, 9.17) is 9.72 Å². The lowest BCUT2D eigenvalue weighted by atomic mass is 9.89. The van der Waals surface area contributed by atoms with Crippen molar-refractivity contribution in [3.63, 3.8) is 0 Å². The highest BCUT2D eigenvalue weighted by molar-refractivity contribution is 7.99. The Bertz CT molecular complexity index is 1190. The van der Waals surface area contributed by atoms with Gasteiger partial charge in [0.1, 0.15) is 11.6 Å². The highest BCUT2D eigenvalue weighted by Gasteiger charge is 2.29. The Morgan fingerprint density at radius 1 is 1.15 bits per heavy atom. The van der Waals surface area contributed by atoms with Gasteiger partial charge in [0.25, 0.3) is 5.91 Å². The normalized spacial score (nSPS) is 15.7. The minimum Gasteiger partial charge on any atom is -0.468 e. The largest absolute Gasteiger partial charge is 0.468 e. The molecule has 6 nitrogen and oxygen atoms in total. The molecule has 3 aromatic rings. The SMILES string of the molecule is COC(=O)CSc1ncc(-c2ccc(F)cc2)c(C2CCCN(C(=O)c3cccc(F)c3)C2)n1. The third-order valence-electron chi connectivity index (χ3n) is 5.67. The highest BCUT2D eigenvalue weighted by Crippen LogP contribution is 2.34. The number of carbonyl (C=O) groups excluding carboxylic acids is 2. The van der Waals surface area contributed by atoms with Gasteiger partial charge in [0.2, 0.25) is 0 Å². The number of hydrogen-bond acceptors (Lipinski definition) is 6. The third-order valence-corrected chi connectivity index (χ3v) is 6.50. The van der Waals surface area contributed by atoms with Crippen LogP contribution in [-0.4, -0.2) is 52.7 Å². The number of amides is 1. The fourth-order valence-corrected chi connectivity index (χ4v) is 4.64. The summed E-state index contributed by atoms with van der Waals surface area (Å²) in [6, 6.07) is 11.7. The maximum atomic E-state index is 13.7. The number of methoxy groups -OCH3 is 1. The molecule has 0 saturated carbocycles. The predicted molar refractivity (Wildman–Crippen MR) is 124 cm³/mol. The number of benzene rings is 2. The number of esters is 1. The lowest BCUT2D eigenvalue weighted by Gasteiger charge is -2.33. The van der Waals surface area contributed by atoms with E-state index in [1.165, 1.54) is 37.4 Å². The quantitative estimate of drug-likeness (QED) is 0.287. The zero-order valence-corrected chi connectivity index (χ0v) is 19.4. The first kappa shape index (κ1) is 23.8. The molecule has 1 aromatic heterocycles. The van der Waals surface area contributed by atoms with E-state index in [9.17, 15) is 18.4 Å². The number of rotatable bonds is 6. The molecule has 0 aliphatic carbocycles. The monoisotopic (exact) mass is 483 g/mol. The van der Waals surface area contributed by atoms with Crippen LogP contribution in [-0.2, 0) is 9.53 Å². The van der Waals surface area contributed by atoms with Crippen molar-refractivity contribution in [3.05, 3.63) is 77.6 Å². The molecule has 176 valence electrons. The summed E-state index contributed by atoms with van der Waals surface area (Å²) >= 11 is 1.16. The van der Waals surface area contributed by atoms with Crippen molar-refractivity contribution in [2.24, 2.45) is 0 Å². The van der Waals surface area contributed by atoms with Gasteiger partial charge >= 0.3 is 5.97 Å². The molecule has 9 heteroatoms. The number of piperidine rings is 1. The van der Waals surface area contributed by atoms with E-state index in [2.05, 4.69) is 4.98 Å². The summed E-state index contributed by atoms with van der Waals surface area (Å²) in [7, 11) is 1.32. The molecule has 1 unspecified atom stereocenters. The topological polar surface area (TPSA) is 72.4 Å². The van der Waals surface area contributed by atoms with Crippen LogP contribution >= 0.6 is 11.8 Å². The Morgan fingerprint density at radius 3 is 2.68 bits per heavy atom. The lowest BCUT2D eigenvalue weighted by Crippen LogP contribution is -2.39. The average molecular weight is 484 g/mol. The third kappa shape index (κ3) is 5.59. The molecule has 4 rings (SSSR count). The van der Waals surface area contributed by atoms with Crippen LogP contribution in [0.5, 0.6) is 0 Å². The van der Waals surface area contributed by atoms with Gasteiger partial charge in [-0.3, -0.25) is 9.59 Å². The van der Waals surface area contributed by atoms with Gasteiger partial charge in [0.15, 0.2) is 5.16 Å². The Kier molecular flexibility index (Phi) is 7.52. The predicted octanol–water partition coefficient (Wildman–Crippen LogP) is 4.71. The summed E-state index contributed by atoms with van der Waals surface area (Å²) < 4.78 is 31.9. The van der Waals surface area contributed by atoms with E-state index in [-0.39, 0.29) is 29.4 Å². The maximum absolute atomic E-state index is 13.7. The molecular formula is C25H23F2N3O3S. The molecule has 1 amide bonds. The van der Waals surface area contributed by atoms with E-state index in [1.807, 2.05) is 0 Å².